The number of aryl methyl sites for hydroxylation is 2. The first-order valence-corrected chi connectivity index (χ1v) is 18.2. The molecule has 1 saturated heterocycles. The Labute approximate surface area is 308 Å². The number of anilines is 1. The standard InChI is InChI=1S/C42H43FN8O2/c1-26-10-8-21-44-37(26)35-14-7-15-36(38-27(2)11-9-22-45-38)51(35)23-5-4-20-46-42(53)34-24-32-39(47-25-48-40(32)49-34)31-12-6-13-33(28(31)3)50-41(52)29-16-18-30(43)19-17-29/h6,8-13,16-19,21-22,24-25,35-36H,4-5,7,14-15,20,23H2,1-3H3,(H,46,53)(H,50,52)(H,47,48,49). The van der Waals surface area contributed by atoms with Crippen LogP contribution < -0.4 is 10.6 Å². The Morgan fingerprint density at radius 2 is 1.53 bits per heavy atom. The zero-order valence-electron chi connectivity index (χ0n) is 30.2. The van der Waals surface area contributed by atoms with Gasteiger partial charge >= 0.3 is 0 Å². The van der Waals surface area contributed by atoms with Crippen LogP contribution in [0.25, 0.3) is 22.3 Å². The van der Waals surface area contributed by atoms with Gasteiger partial charge in [0.2, 0.25) is 0 Å². The highest BCUT2D eigenvalue weighted by Gasteiger charge is 2.35. The number of rotatable bonds is 11. The van der Waals surface area contributed by atoms with E-state index in [0.717, 1.165) is 61.2 Å². The molecule has 270 valence electrons. The maximum Gasteiger partial charge on any atom is 0.267 e. The molecule has 53 heavy (non-hydrogen) atoms. The quantitative estimate of drug-likeness (QED) is 0.116. The van der Waals surface area contributed by atoms with Crippen molar-refractivity contribution in [2.24, 2.45) is 0 Å². The molecular weight excluding hydrogens is 668 g/mol. The minimum absolute atomic E-state index is 0.211. The van der Waals surface area contributed by atoms with E-state index in [1.54, 1.807) is 12.1 Å². The largest absolute Gasteiger partial charge is 0.351 e. The molecule has 1 fully saturated rings. The second-order valence-electron chi connectivity index (χ2n) is 13.7. The molecule has 2 aromatic carbocycles. The molecular formula is C42H43FN8O2. The van der Waals surface area contributed by atoms with Crippen molar-refractivity contribution >= 4 is 28.5 Å². The number of likely N-dealkylation sites (tertiary alicyclic amines) is 1. The summed E-state index contributed by atoms with van der Waals surface area (Å²) < 4.78 is 13.4. The van der Waals surface area contributed by atoms with E-state index < -0.39 is 5.82 Å². The van der Waals surface area contributed by atoms with Crippen molar-refractivity contribution in [1.82, 2.24) is 35.1 Å². The molecule has 4 aromatic heterocycles. The summed E-state index contributed by atoms with van der Waals surface area (Å²) in [6, 6.07) is 21.4. The maximum absolute atomic E-state index is 13.4. The Morgan fingerprint density at radius 3 is 2.21 bits per heavy atom. The van der Waals surface area contributed by atoms with Crippen molar-refractivity contribution in [2.75, 3.05) is 18.4 Å². The number of nitrogens with one attached hydrogen (secondary N) is 3. The van der Waals surface area contributed by atoms with Gasteiger partial charge in [-0.3, -0.25) is 24.5 Å². The molecule has 0 bridgehead atoms. The van der Waals surface area contributed by atoms with E-state index in [2.05, 4.69) is 56.5 Å². The highest BCUT2D eigenvalue weighted by atomic mass is 19.1. The molecule has 0 radical (unpaired) electrons. The second-order valence-corrected chi connectivity index (χ2v) is 13.7. The summed E-state index contributed by atoms with van der Waals surface area (Å²) in [4.78, 5) is 50.6. The first-order chi connectivity index (χ1) is 25.8. The zero-order chi connectivity index (χ0) is 36.9. The van der Waals surface area contributed by atoms with Gasteiger partial charge in [-0.05, 0) is 125 Å². The van der Waals surface area contributed by atoms with Crippen molar-refractivity contribution in [3.05, 3.63) is 137 Å². The van der Waals surface area contributed by atoms with Crippen molar-refractivity contribution in [2.45, 2.75) is 65.0 Å². The smallest absolute Gasteiger partial charge is 0.267 e. The summed E-state index contributed by atoms with van der Waals surface area (Å²) in [5.41, 5.74) is 8.79. The molecule has 0 spiro atoms. The van der Waals surface area contributed by atoms with Gasteiger partial charge in [-0.25, -0.2) is 14.4 Å². The second kappa shape index (κ2) is 15.8. The Balaban J connectivity index is 1.02. The third-order valence-electron chi connectivity index (χ3n) is 10.2. The van der Waals surface area contributed by atoms with E-state index in [4.69, 9.17) is 9.97 Å². The van der Waals surface area contributed by atoms with E-state index in [1.807, 2.05) is 43.6 Å². The monoisotopic (exact) mass is 710 g/mol. The number of halogens is 1. The van der Waals surface area contributed by atoms with Crippen LogP contribution in [0.15, 0.2) is 91.5 Å². The van der Waals surface area contributed by atoms with Crippen LogP contribution in [-0.4, -0.2) is 54.7 Å². The van der Waals surface area contributed by atoms with E-state index in [-0.39, 0.29) is 23.9 Å². The molecule has 6 aromatic rings. The number of fused-ring (bicyclic) bond motifs is 1. The van der Waals surface area contributed by atoms with Gasteiger partial charge in [0.1, 0.15) is 23.5 Å². The van der Waals surface area contributed by atoms with Gasteiger partial charge in [0.05, 0.1) is 29.2 Å². The molecule has 3 N–H and O–H groups in total. The van der Waals surface area contributed by atoms with Crippen LogP contribution in [-0.2, 0) is 0 Å². The molecule has 0 saturated carbocycles. The van der Waals surface area contributed by atoms with Crippen molar-refractivity contribution in [1.29, 1.82) is 0 Å². The number of aromatic nitrogens is 5. The van der Waals surface area contributed by atoms with E-state index >= 15 is 0 Å². The number of piperidine rings is 1. The highest BCUT2D eigenvalue weighted by Crippen LogP contribution is 2.42. The lowest BCUT2D eigenvalue weighted by atomic mass is 9.88. The number of unbranched alkanes of at least 4 members (excludes halogenated alkanes) is 1. The Hall–Kier alpha value is -5.81. The number of aromatic amines is 1. The molecule has 10 nitrogen and oxygen atoms in total. The molecule has 2 amide bonds. The lowest BCUT2D eigenvalue weighted by molar-refractivity contribution is 0.0740. The first kappa shape index (κ1) is 35.6. The molecule has 0 aliphatic carbocycles. The maximum atomic E-state index is 13.4. The summed E-state index contributed by atoms with van der Waals surface area (Å²) in [6.07, 6.45) is 10.2. The third kappa shape index (κ3) is 7.71. The summed E-state index contributed by atoms with van der Waals surface area (Å²) in [6.45, 7) is 7.56. The Morgan fingerprint density at radius 1 is 0.830 bits per heavy atom. The zero-order valence-corrected chi connectivity index (χ0v) is 30.2. The normalized spacial score (nSPS) is 16.1. The van der Waals surface area contributed by atoms with Crippen molar-refractivity contribution in [3.8, 4) is 11.3 Å². The fourth-order valence-electron chi connectivity index (χ4n) is 7.46. The third-order valence-corrected chi connectivity index (χ3v) is 10.2. The van der Waals surface area contributed by atoms with Gasteiger partial charge in [-0.1, -0.05) is 24.3 Å². The number of benzene rings is 2. The van der Waals surface area contributed by atoms with E-state index in [9.17, 15) is 14.0 Å². The fourth-order valence-corrected chi connectivity index (χ4v) is 7.46. The van der Waals surface area contributed by atoms with Crippen LogP contribution in [0.5, 0.6) is 0 Å². The minimum Gasteiger partial charge on any atom is -0.351 e. The van der Waals surface area contributed by atoms with Crippen molar-refractivity contribution < 1.29 is 14.0 Å². The highest BCUT2D eigenvalue weighted by molar-refractivity contribution is 6.06. The molecule has 1 aliphatic heterocycles. The lowest BCUT2D eigenvalue weighted by Crippen LogP contribution is -2.38. The van der Waals surface area contributed by atoms with Gasteiger partial charge in [-0.15, -0.1) is 0 Å². The number of hydrogen-bond acceptors (Lipinski definition) is 7. The summed E-state index contributed by atoms with van der Waals surface area (Å²) >= 11 is 0. The number of amides is 2. The first-order valence-electron chi connectivity index (χ1n) is 18.2. The van der Waals surface area contributed by atoms with Crippen LogP contribution >= 0.6 is 0 Å². The number of hydrogen-bond donors (Lipinski definition) is 3. The summed E-state index contributed by atoms with van der Waals surface area (Å²) in [5, 5.41) is 6.71. The van der Waals surface area contributed by atoms with Gasteiger partial charge in [0, 0.05) is 41.1 Å². The number of carbonyl (C=O) groups is 2. The number of nitrogens with zero attached hydrogens (tertiary/aromatic N) is 5. The number of carbonyl (C=O) groups excluding carboxylic acids is 2. The minimum atomic E-state index is -0.407. The van der Waals surface area contributed by atoms with Crippen LogP contribution in [0.4, 0.5) is 10.1 Å². The van der Waals surface area contributed by atoms with Crippen LogP contribution in [0.1, 0.15) is 93.1 Å². The molecule has 2 atom stereocenters. The molecule has 2 unspecified atom stereocenters. The molecule has 11 heteroatoms. The average Bonchev–Trinajstić information content (AvgIpc) is 3.62. The molecule has 5 heterocycles. The van der Waals surface area contributed by atoms with Crippen molar-refractivity contribution in [3.63, 3.8) is 0 Å². The van der Waals surface area contributed by atoms with Gasteiger partial charge in [0.15, 0.2) is 0 Å². The number of pyridine rings is 2. The molecule has 7 rings (SSSR count). The fraction of sp³-hybridized carbons (Fsp3) is 0.286. The van der Waals surface area contributed by atoms with Gasteiger partial charge in [0.25, 0.3) is 11.8 Å². The average molecular weight is 711 g/mol. The summed E-state index contributed by atoms with van der Waals surface area (Å²) in [5.74, 6) is -0.968. The van der Waals surface area contributed by atoms with E-state index in [0.29, 0.717) is 40.2 Å². The van der Waals surface area contributed by atoms with Gasteiger partial charge in [-0.2, -0.15) is 0 Å². The predicted octanol–water partition coefficient (Wildman–Crippen LogP) is 8.21. The topological polar surface area (TPSA) is 129 Å². The Bertz CT molecular complexity index is 2200. The van der Waals surface area contributed by atoms with E-state index in [1.165, 1.54) is 41.7 Å². The molecule has 1 aliphatic rings. The van der Waals surface area contributed by atoms with Gasteiger partial charge < -0.3 is 15.6 Å². The Kier molecular flexibility index (Phi) is 10.6. The lowest BCUT2D eigenvalue weighted by Gasteiger charge is -2.42. The van der Waals surface area contributed by atoms with Crippen LogP contribution in [0.3, 0.4) is 0 Å². The summed E-state index contributed by atoms with van der Waals surface area (Å²) in [7, 11) is 0. The van der Waals surface area contributed by atoms with Crippen LogP contribution in [0.2, 0.25) is 0 Å². The predicted molar refractivity (Wildman–Crippen MR) is 204 cm³/mol. The van der Waals surface area contributed by atoms with Crippen LogP contribution in [0, 0.1) is 26.6 Å². The number of H-pyrrole nitrogens is 1. The SMILES string of the molecule is Cc1cccnc1C1CCCC(c2ncccc2C)N1CCCCNC(=O)c1cc2c(-c3cccc(NC(=O)c4ccc(F)cc4)c3C)ncnc2[nH]1.